The van der Waals surface area contributed by atoms with Gasteiger partial charge in [0.15, 0.2) is 0 Å². The fourth-order valence-corrected chi connectivity index (χ4v) is 1.49. The van der Waals surface area contributed by atoms with Gasteiger partial charge in [0.05, 0.1) is 15.5 Å². The number of benzene rings is 1. The first-order valence-corrected chi connectivity index (χ1v) is 5.12. The third kappa shape index (κ3) is 2.96. The van der Waals surface area contributed by atoms with E-state index in [0.717, 1.165) is 0 Å². The van der Waals surface area contributed by atoms with Crippen molar-refractivity contribution in [3.8, 4) is 0 Å². The first-order chi connectivity index (χ1) is 10.7. The number of allylic oxidation sites excluding steroid dienone is 2. The molecule has 2 rings (SSSR count). The van der Waals surface area contributed by atoms with Crippen molar-refractivity contribution in [3.05, 3.63) is 47.9 Å². The van der Waals surface area contributed by atoms with E-state index in [-0.39, 0.29) is 0 Å². The van der Waals surface area contributed by atoms with E-state index in [4.69, 9.17) is 14.3 Å². The van der Waals surface area contributed by atoms with Crippen LogP contribution in [0.3, 0.4) is 0 Å². The summed E-state index contributed by atoms with van der Waals surface area (Å²) in [6.07, 6.45) is 5.41. The SMILES string of the molecule is [2H]c1c([2H])c([2H])c(C([2H])([2H])OC(=O)C2CC=CCC2)c([2H])c1[2H]. The molecule has 2 nitrogen and oxygen atoms in total. The number of hydrogen-bond acceptors (Lipinski definition) is 2. The minimum atomic E-state index is -2.80. The minimum absolute atomic E-state index is 0.440. The first-order valence-electron chi connectivity index (χ1n) is 8.62. The van der Waals surface area contributed by atoms with Crippen molar-refractivity contribution in [2.24, 2.45) is 5.92 Å². The average Bonchev–Trinajstić information content (AvgIpc) is 2.51. The van der Waals surface area contributed by atoms with E-state index >= 15 is 0 Å². The quantitative estimate of drug-likeness (QED) is 0.581. The molecule has 0 bridgehead atoms. The van der Waals surface area contributed by atoms with Crippen molar-refractivity contribution < 1.29 is 19.1 Å². The van der Waals surface area contributed by atoms with Crippen LogP contribution in [0.25, 0.3) is 0 Å². The Morgan fingerprint density at radius 1 is 1.44 bits per heavy atom. The Kier molecular flexibility index (Phi) is 1.78. The highest BCUT2D eigenvalue weighted by Gasteiger charge is 2.19. The van der Waals surface area contributed by atoms with Gasteiger partial charge in [-0.05, 0) is 24.8 Å². The van der Waals surface area contributed by atoms with Crippen LogP contribution >= 0.6 is 0 Å². The van der Waals surface area contributed by atoms with E-state index < -0.39 is 54.2 Å². The molecule has 1 aliphatic rings. The number of rotatable bonds is 3. The van der Waals surface area contributed by atoms with Crippen molar-refractivity contribution in [3.63, 3.8) is 0 Å². The maximum Gasteiger partial charge on any atom is 0.309 e. The maximum atomic E-state index is 12.1. The molecule has 0 aliphatic heterocycles. The minimum Gasteiger partial charge on any atom is -0.461 e. The van der Waals surface area contributed by atoms with E-state index in [1.807, 2.05) is 12.2 Å². The number of esters is 1. The Bertz CT molecular complexity index is 641. The van der Waals surface area contributed by atoms with Crippen LogP contribution in [0.4, 0.5) is 0 Å². The maximum absolute atomic E-state index is 12.1. The molecular formula is C14H16O2. The number of ether oxygens (including phenoxy) is 1. The summed E-state index contributed by atoms with van der Waals surface area (Å²) < 4.78 is 58.8. The largest absolute Gasteiger partial charge is 0.461 e. The van der Waals surface area contributed by atoms with Crippen LogP contribution in [0.5, 0.6) is 0 Å². The molecule has 0 aromatic heterocycles. The molecule has 16 heavy (non-hydrogen) atoms. The highest BCUT2D eigenvalue weighted by molar-refractivity contribution is 5.72. The Balaban J connectivity index is 2.36. The van der Waals surface area contributed by atoms with Crippen molar-refractivity contribution >= 4 is 5.97 Å². The molecule has 1 unspecified atom stereocenters. The van der Waals surface area contributed by atoms with Crippen LogP contribution in [0, 0.1) is 5.92 Å². The van der Waals surface area contributed by atoms with Crippen molar-refractivity contribution in [1.82, 2.24) is 0 Å². The lowest BCUT2D eigenvalue weighted by molar-refractivity contribution is -0.150. The summed E-state index contributed by atoms with van der Waals surface area (Å²) in [6, 6.07) is -3.37. The summed E-state index contributed by atoms with van der Waals surface area (Å²) in [5.41, 5.74) is -0.664. The van der Waals surface area contributed by atoms with Gasteiger partial charge in [-0.2, -0.15) is 0 Å². The van der Waals surface area contributed by atoms with Gasteiger partial charge < -0.3 is 4.74 Å². The zero-order valence-corrected chi connectivity index (χ0v) is 8.67. The van der Waals surface area contributed by atoms with Crippen LogP contribution < -0.4 is 0 Å². The van der Waals surface area contributed by atoms with Gasteiger partial charge in [0, 0.05) is 0 Å². The van der Waals surface area contributed by atoms with Gasteiger partial charge in [-0.25, -0.2) is 0 Å². The van der Waals surface area contributed by atoms with Crippen molar-refractivity contribution in [2.75, 3.05) is 0 Å². The lowest BCUT2D eigenvalue weighted by Gasteiger charge is -2.16. The molecule has 1 aromatic carbocycles. The summed E-state index contributed by atoms with van der Waals surface area (Å²) >= 11 is 0. The lowest BCUT2D eigenvalue weighted by Crippen LogP contribution is -2.18. The van der Waals surface area contributed by atoms with Gasteiger partial charge >= 0.3 is 5.97 Å². The standard InChI is InChI=1S/C14H16O2/c15-14(13-9-5-2-6-10-13)16-11-12-7-3-1-4-8-12/h1-5,7-8,13H,6,9-11H2/i1D,3D,4D,7D,8D,11D2. The molecule has 2 heteroatoms. The molecule has 0 N–H and O–H groups in total. The highest BCUT2D eigenvalue weighted by Crippen LogP contribution is 2.19. The van der Waals surface area contributed by atoms with Crippen LogP contribution in [0.1, 0.15) is 34.4 Å². The first kappa shape index (κ1) is 5.17. The third-order valence-electron chi connectivity index (χ3n) is 2.36. The van der Waals surface area contributed by atoms with Gasteiger partial charge in [0.25, 0.3) is 0 Å². The van der Waals surface area contributed by atoms with Gasteiger partial charge in [-0.15, -0.1) is 0 Å². The molecule has 0 spiro atoms. The highest BCUT2D eigenvalue weighted by atomic mass is 16.5. The zero-order chi connectivity index (χ0) is 17.4. The Morgan fingerprint density at radius 3 is 2.94 bits per heavy atom. The molecule has 1 aliphatic carbocycles. The van der Waals surface area contributed by atoms with E-state index in [1.165, 1.54) is 0 Å². The summed E-state index contributed by atoms with van der Waals surface area (Å²) in [4.78, 5) is 12.1. The van der Waals surface area contributed by atoms with E-state index in [2.05, 4.69) is 0 Å². The monoisotopic (exact) mass is 223 g/mol. The predicted octanol–water partition coefficient (Wildman–Crippen LogP) is 3.09. The Morgan fingerprint density at radius 2 is 2.25 bits per heavy atom. The van der Waals surface area contributed by atoms with Gasteiger partial charge in [0.2, 0.25) is 0 Å². The second kappa shape index (κ2) is 5.50. The molecular weight excluding hydrogens is 200 g/mol. The van der Waals surface area contributed by atoms with Crippen LogP contribution in [0.2, 0.25) is 0 Å². The zero-order valence-electron chi connectivity index (χ0n) is 15.7. The fraction of sp³-hybridized carbons (Fsp3) is 0.357. The number of hydrogen-bond donors (Lipinski definition) is 0. The normalized spacial score (nSPS) is 26.5. The molecule has 0 amide bonds. The smallest absolute Gasteiger partial charge is 0.309 e. The summed E-state index contributed by atoms with van der Waals surface area (Å²) in [5.74, 6) is -1.26. The van der Waals surface area contributed by atoms with Crippen LogP contribution in [-0.4, -0.2) is 5.97 Å². The molecule has 84 valence electrons. The summed E-state index contributed by atoms with van der Waals surface area (Å²) in [6.45, 7) is -2.80. The third-order valence-corrected chi connectivity index (χ3v) is 2.36. The van der Waals surface area contributed by atoms with E-state index in [0.29, 0.717) is 19.3 Å². The van der Waals surface area contributed by atoms with Crippen molar-refractivity contribution in [1.29, 1.82) is 0 Å². The fourth-order valence-electron chi connectivity index (χ4n) is 1.49. The van der Waals surface area contributed by atoms with Crippen molar-refractivity contribution in [2.45, 2.75) is 25.8 Å². The summed E-state index contributed by atoms with van der Waals surface area (Å²) in [5, 5.41) is 0. The second-order valence-electron chi connectivity index (χ2n) is 3.50. The van der Waals surface area contributed by atoms with E-state index in [1.54, 1.807) is 0 Å². The number of carbonyl (C=O) groups excluding carboxylic acids is 1. The number of carbonyl (C=O) groups is 1. The molecule has 0 fully saturated rings. The lowest BCUT2D eigenvalue weighted by atomic mass is 9.95. The topological polar surface area (TPSA) is 26.3 Å². The summed E-state index contributed by atoms with van der Waals surface area (Å²) in [7, 11) is 0. The van der Waals surface area contributed by atoms with Gasteiger partial charge in [-0.3, -0.25) is 4.79 Å². The Hall–Kier alpha value is -1.57. The molecule has 0 saturated heterocycles. The average molecular weight is 223 g/mol. The van der Waals surface area contributed by atoms with Gasteiger partial charge in [-0.1, -0.05) is 42.4 Å². The Labute approximate surface area is 106 Å². The molecule has 0 radical (unpaired) electrons. The molecule has 1 atom stereocenters. The van der Waals surface area contributed by atoms with Gasteiger partial charge in [0.1, 0.15) is 6.56 Å². The molecule has 0 saturated carbocycles. The molecule has 1 aromatic rings. The van der Waals surface area contributed by atoms with Crippen LogP contribution in [0.15, 0.2) is 42.4 Å². The predicted molar refractivity (Wildman–Crippen MR) is 62.7 cm³/mol. The van der Waals surface area contributed by atoms with Crippen LogP contribution in [-0.2, 0) is 16.1 Å². The second-order valence-corrected chi connectivity index (χ2v) is 3.50. The molecule has 0 heterocycles. The van der Waals surface area contributed by atoms with E-state index in [9.17, 15) is 4.79 Å².